The molecular weight excluding hydrogens is 262 g/mol. The molecule has 0 heterocycles. The molecule has 1 aromatic carbocycles. The van der Waals surface area contributed by atoms with Gasteiger partial charge in [-0.2, -0.15) is 13.1 Å². The number of rotatable bonds is 6. The highest BCUT2D eigenvalue weighted by atomic mass is 32.2. The lowest BCUT2D eigenvalue weighted by molar-refractivity contribution is 0.217. The van der Waals surface area contributed by atoms with Crippen LogP contribution in [0.15, 0.2) is 24.3 Å². The van der Waals surface area contributed by atoms with E-state index >= 15 is 0 Å². The Labute approximate surface area is 105 Å². The van der Waals surface area contributed by atoms with Crippen molar-refractivity contribution in [3.8, 4) is 0 Å². The van der Waals surface area contributed by atoms with Crippen LogP contribution in [0.5, 0.6) is 0 Å². The third kappa shape index (κ3) is 3.64. The first kappa shape index (κ1) is 14.8. The highest BCUT2D eigenvalue weighted by Gasteiger charge is 2.31. The largest absolute Gasteiger partial charge is 0.399 e. The number of benzene rings is 1. The molecule has 4 nitrogen and oxygen atoms in total. The summed E-state index contributed by atoms with van der Waals surface area (Å²) in [4.78, 5) is 0. The Hall–Kier alpha value is -1.21. The predicted molar refractivity (Wildman–Crippen MR) is 66.5 cm³/mol. The van der Waals surface area contributed by atoms with Gasteiger partial charge in [-0.05, 0) is 24.1 Å². The molecule has 102 valence electrons. The molecule has 0 aliphatic rings. The molecule has 0 saturated carbocycles. The van der Waals surface area contributed by atoms with Crippen LogP contribution in [0.1, 0.15) is 18.9 Å². The normalized spacial score (nSPS) is 12.3. The number of nitrogens with two attached hydrogens (primary N) is 1. The van der Waals surface area contributed by atoms with Crippen LogP contribution in [-0.2, 0) is 16.6 Å². The van der Waals surface area contributed by atoms with Gasteiger partial charge in [-0.15, -0.1) is 0 Å². The second-order valence-electron chi connectivity index (χ2n) is 3.88. The predicted octanol–water partition coefficient (Wildman–Crippen LogP) is 2.03. The smallest absolute Gasteiger partial charge is 0.350 e. The van der Waals surface area contributed by atoms with Crippen molar-refractivity contribution >= 4 is 15.7 Å². The summed E-state index contributed by atoms with van der Waals surface area (Å²) in [5.41, 5.74) is 6.66. The van der Waals surface area contributed by atoms with E-state index in [-0.39, 0.29) is 13.1 Å². The first-order chi connectivity index (χ1) is 8.37. The Kier molecular flexibility index (Phi) is 5.03. The van der Waals surface area contributed by atoms with E-state index in [0.29, 0.717) is 17.7 Å². The molecule has 0 radical (unpaired) electrons. The lowest BCUT2D eigenvalue weighted by Crippen LogP contribution is -2.35. The molecule has 0 amide bonds. The van der Waals surface area contributed by atoms with Crippen LogP contribution in [0.25, 0.3) is 0 Å². The zero-order valence-corrected chi connectivity index (χ0v) is 10.8. The highest BCUT2D eigenvalue weighted by Crippen LogP contribution is 2.17. The van der Waals surface area contributed by atoms with Crippen LogP contribution in [0, 0.1) is 0 Å². The molecule has 1 rings (SSSR count). The van der Waals surface area contributed by atoms with Crippen molar-refractivity contribution in [3.63, 3.8) is 0 Å². The van der Waals surface area contributed by atoms with Crippen molar-refractivity contribution in [2.24, 2.45) is 0 Å². The SMILES string of the molecule is CCCN(Cc1ccc(N)cc1)S(=O)(=O)C(F)F. The molecule has 0 aliphatic carbocycles. The summed E-state index contributed by atoms with van der Waals surface area (Å²) in [7, 11) is -4.54. The summed E-state index contributed by atoms with van der Waals surface area (Å²) in [6, 6.07) is 6.46. The first-order valence-corrected chi connectivity index (χ1v) is 6.99. The van der Waals surface area contributed by atoms with Gasteiger partial charge in [0.1, 0.15) is 0 Å². The van der Waals surface area contributed by atoms with E-state index in [4.69, 9.17) is 5.73 Å². The number of hydrogen-bond donors (Lipinski definition) is 1. The van der Waals surface area contributed by atoms with Crippen LogP contribution in [-0.4, -0.2) is 25.0 Å². The van der Waals surface area contributed by atoms with Crippen molar-refractivity contribution in [2.75, 3.05) is 12.3 Å². The zero-order valence-electron chi connectivity index (χ0n) is 10.0. The average Bonchev–Trinajstić information content (AvgIpc) is 2.31. The molecule has 0 atom stereocenters. The highest BCUT2D eigenvalue weighted by molar-refractivity contribution is 7.89. The van der Waals surface area contributed by atoms with Gasteiger partial charge in [0.05, 0.1) is 0 Å². The summed E-state index contributed by atoms with van der Waals surface area (Å²) < 4.78 is 48.7. The molecule has 0 saturated heterocycles. The fourth-order valence-corrected chi connectivity index (χ4v) is 2.48. The van der Waals surface area contributed by atoms with Gasteiger partial charge in [-0.3, -0.25) is 0 Å². The van der Waals surface area contributed by atoms with Gasteiger partial charge < -0.3 is 5.73 Å². The topological polar surface area (TPSA) is 63.4 Å². The van der Waals surface area contributed by atoms with Gasteiger partial charge in [0.2, 0.25) is 0 Å². The van der Waals surface area contributed by atoms with Crippen molar-refractivity contribution in [1.29, 1.82) is 0 Å². The molecule has 0 spiro atoms. The number of nitrogens with zero attached hydrogens (tertiary/aromatic N) is 1. The maximum Gasteiger partial charge on any atom is 0.350 e. The summed E-state index contributed by atoms with van der Waals surface area (Å²) in [5, 5.41) is 0. The van der Waals surface area contributed by atoms with Gasteiger partial charge in [-0.1, -0.05) is 19.1 Å². The first-order valence-electron chi connectivity index (χ1n) is 5.49. The van der Waals surface area contributed by atoms with Crippen LogP contribution >= 0.6 is 0 Å². The Bertz CT molecular complexity index is 474. The van der Waals surface area contributed by atoms with E-state index in [1.54, 1.807) is 31.2 Å². The Morgan fingerprint density at radius 1 is 1.28 bits per heavy atom. The molecular formula is C11H16F2N2O2S. The van der Waals surface area contributed by atoms with Crippen LogP contribution in [0.3, 0.4) is 0 Å². The van der Waals surface area contributed by atoms with Gasteiger partial charge in [0.25, 0.3) is 10.0 Å². The number of halogens is 2. The van der Waals surface area contributed by atoms with Gasteiger partial charge in [-0.25, -0.2) is 8.42 Å². The summed E-state index contributed by atoms with van der Waals surface area (Å²) in [5.74, 6) is -3.39. The number of hydrogen-bond acceptors (Lipinski definition) is 3. The standard InChI is InChI=1S/C11H16F2N2O2S/c1-2-7-15(18(16,17)11(12)13)8-9-3-5-10(14)6-4-9/h3-6,11H,2,7-8,14H2,1H3. The Balaban J connectivity index is 2.90. The Morgan fingerprint density at radius 3 is 2.28 bits per heavy atom. The molecule has 0 aliphatic heterocycles. The van der Waals surface area contributed by atoms with Gasteiger partial charge >= 0.3 is 5.76 Å². The monoisotopic (exact) mass is 278 g/mol. The minimum atomic E-state index is -4.54. The third-order valence-corrected chi connectivity index (χ3v) is 3.88. The molecule has 7 heteroatoms. The molecule has 18 heavy (non-hydrogen) atoms. The van der Waals surface area contributed by atoms with Crippen LogP contribution < -0.4 is 5.73 Å². The third-order valence-electron chi connectivity index (χ3n) is 2.40. The summed E-state index contributed by atoms with van der Waals surface area (Å²) >= 11 is 0. The fourth-order valence-electron chi connectivity index (χ4n) is 1.49. The van der Waals surface area contributed by atoms with Gasteiger partial charge in [0, 0.05) is 18.8 Å². The maximum absolute atomic E-state index is 12.5. The van der Waals surface area contributed by atoms with Crippen molar-refractivity contribution < 1.29 is 17.2 Å². The van der Waals surface area contributed by atoms with E-state index in [1.165, 1.54) is 0 Å². The minimum Gasteiger partial charge on any atom is -0.399 e. The van der Waals surface area contributed by atoms with E-state index in [2.05, 4.69) is 0 Å². The molecule has 0 bridgehead atoms. The fraction of sp³-hybridized carbons (Fsp3) is 0.455. The molecule has 0 aromatic heterocycles. The maximum atomic E-state index is 12.5. The van der Waals surface area contributed by atoms with E-state index in [0.717, 1.165) is 4.31 Å². The average molecular weight is 278 g/mol. The van der Waals surface area contributed by atoms with Crippen molar-refractivity contribution in [3.05, 3.63) is 29.8 Å². The molecule has 2 N–H and O–H groups in total. The van der Waals surface area contributed by atoms with Crippen LogP contribution in [0.4, 0.5) is 14.5 Å². The van der Waals surface area contributed by atoms with E-state index in [1.807, 2.05) is 0 Å². The zero-order chi connectivity index (χ0) is 13.8. The van der Waals surface area contributed by atoms with Gasteiger partial charge in [0.15, 0.2) is 0 Å². The molecule has 0 fully saturated rings. The Morgan fingerprint density at radius 2 is 1.83 bits per heavy atom. The van der Waals surface area contributed by atoms with E-state index in [9.17, 15) is 17.2 Å². The van der Waals surface area contributed by atoms with Crippen molar-refractivity contribution in [1.82, 2.24) is 4.31 Å². The lowest BCUT2D eigenvalue weighted by atomic mass is 10.2. The summed E-state index contributed by atoms with van der Waals surface area (Å²) in [6.45, 7) is 1.73. The summed E-state index contributed by atoms with van der Waals surface area (Å²) in [6.07, 6.45) is 0.473. The molecule has 0 unspecified atom stereocenters. The molecule has 1 aromatic rings. The number of anilines is 1. The van der Waals surface area contributed by atoms with Crippen LogP contribution in [0.2, 0.25) is 0 Å². The number of alkyl halides is 2. The number of sulfonamides is 1. The second kappa shape index (κ2) is 6.10. The van der Waals surface area contributed by atoms with E-state index < -0.39 is 15.8 Å². The number of nitrogen functional groups attached to an aromatic ring is 1. The quantitative estimate of drug-likeness (QED) is 0.810. The minimum absolute atomic E-state index is 0.0665. The van der Waals surface area contributed by atoms with Crippen molar-refractivity contribution in [2.45, 2.75) is 25.6 Å². The lowest BCUT2D eigenvalue weighted by Gasteiger charge is -2.21. The second-order valence-corrected chi connectivity index (χ2v) is 5.78.